The summed E-state index contributed by atoms with van der Waals surface area (Å²) < 4.78 is 0. The highest BCUT2D eigenvalue weighted by Gasteiger charge is 2.37. The van der Waals surface area contributed by atoms with Crippen LogP contribution in [0.4, 0.5) is 0 Å². The second-order valence-electron chi connectivity index (χ2n) is 6.78. The first-order chi connectivity index (χ1) is 13.1. The number of thioether (sulfide) groups is 1. The number of benzene rings is 2. The fourth-order valence-corrected chi connectivity index (χ4v) is 4.14. The molecule has 4 nitrogen and oxygen atoms in total. The number of rotatable bonds is 6. The highest BCUT2D eigenvalue weighted by atomic mass is 32.2. The van der Waals surface area contributed by atoms with Gasteiger partial charge >= 0.3 is 0 Å². The zero-order valence-corrected chi connectivity index (χ0v) is 16.9. The number of carbonyl (C=O) groups excluding carboxylic acids is 1. The summed E-state index contributed by atoms with van der Waals surface area (Å²) in [7, 11) is 0. The van der Waals surface area contributed by atoms with E-state index in [0.717, 1.165) is 24.0 Å². The van der Waals surface area contributed by atoms with Crippen molar-refractivity contribution < 1.29 is 4.79 Å². The molecule has 0 aromatic heterocycles. The van der Waals surface area contributed by atoms with Crippen molar-refractivity contribution in [2.45, 2.75) is 45.4 Å². The standard InChI is InChI=1S/C22H25N3OS/c1-4-7-20-21(26)25(15-19-9-6-5-8-17(19)3)22(27-20)24-23-14-18-12-10-16(2)11-13-18/h5-6,8-14,20H,4,7,15H2,1-3H3/b23-14-,24-22-/t20-/m1/s1. The second kappa shape index (κ2) is 9.00. The molecule has 0 N–H and O–H groups in total. The lowest BCUT2D eigenvalue weighted by Gasteiger charge is -2.17. The summed E-state index contributed by atoms with van der Waals surface area (Å²) in [5.74, 6) is 0.134. The van der Waals surface area contributed by atoms with Crippen molar-refractivity contribution >= 4 is 29.1 Å². The largest absolute Gasteiger partial charge is 0.284 e. The van der Waals surface area contributed by atoms with Gasteiger partial charge in [-0.25, -0.2) is 0 Å². The minimum atomic E-state index is -0.0626. The molecule has 1 atom stereocenters. The molecule has 3 rings (SSSR count). The topological polar surface area (TPSA) is 45.0 Å². The van der Waals surface area contributed by atoms with E-state index in [-0.39, 0.29) is 11.2 Å². The normalized spacial score (nSPS) is 18.8. The molecule has 0 aliphatic carbocycles. The van der Waals surface area contributed by atoms with Crippen LogP contribution in [0, 0.1) is 13.8 Å². The number of hydrogen-bond acceptors (Lipinski definition) is 4. The quantitative estimate of drug-likeness (QED) is 0.527. The van der Waals surface area contributed by atoms with Gasteiger partial charge in [0, 0.05) is 0 Å². The van der Waals surface area contributed by atoms with E-state index in [9.17, 15) is 4.79 Å². The predicted octanol–water partition coefficient (Wildman–Crippen LogP) is 4.94. The fourth-order valence-electron chi connectivity index (χ4n) is 2.93. The zero-order valence-electron chi connectivity index (χ0n) is 16.1. The molecule has 0 radical (unpaired) electrons. The molecule has 0 spiro atoms. The van der Waals surface area contributed by atoms with E-state index in [1.807, 2.05) is 36.4 Å². The average molecular weight is 380 g/mol. The molecular weight excluding hydrogens is 354 g/mol. The Kier molecular flexibility index (Phi) is 6.45. The lowest BCUT2D eigenvalue weighted by Crippen LogP contribution is -2.31. The third kappa shape index (κ3) is 4.86. The summed E-state index contributed by atoms with van der Waals surface area (Å²) in [6.07, 6.45) is 3.56. The minimum absolute atomic E-state index is 0.0626. The second-order valence-corrected chi connectivity index (χ2v) is 7.95. The zero-order chi connectivity index (χ0) is 19.2. The predicted molar refractivity (Wildman–Crippen MR) is 114 cm³/mol. The Bertz CT molecular complexity index is 858. The lowest BCUT2D eigenvalue weighted by molar-refractivity contribution is -0.126. The Hall–Kier alpha value is -2.40. The molecule has 0 unspecified atom stereocenters. The van der Waals surface area contributed by atoms with Crippen LogP contribution in [-0.2, 0) is 11.3 Å². The van der Waals surface area contributed by atoms with Gasteiger partial charge in [0.05, 0.1) is 18.0 Å². The van der Waals surface area contributed by atoms with Crippen LogP contribution in [-0.4, -0.2) is 27.4 Å². The number of nitrogens with zero attached hydrogens (tertiary/aromatic N) is 3. The van der Waals surface area contributed by atoms with E-state index in [0.29, 0.717) is 11.7 Å². The van der Waals surface area contributed by atoms with Crippen LogP contribution in [0.5, 0.6) is 0 Å². The third-order valence-electron chi connectivity index (χ3n) is 4.59. The van der Waals surface area contributed by atoms with Crippen LogP contribution in [0.25, 0.3) is 0 Å². The molecule has 1 aliphatic heterocycles. The first-order valence-corrected chi connectivity index (χ1v) is 10.2. The highest BCUT2D eigenvalue weighted by molar-refractivity contribution is 8.15. The third-order valence-corrected chi connectivity index (χ3v) is 5.82. The number of hydrogen-bond donors (Lipinski definition) is 0. The van der Waals surface area contributed by atoms with E-state index in [1.54, 1.807) is 11.1 Å². The molecule has 1 fully saturated rings. The molecule has 27 heavy (non-hydrogen) atoms. The maximum Gasteiger partial charge on any atom is 0.242 e. The van der Waals surface area contributed by atoms with Crippen molar-refractivity contribution in [1.29, 1.82) is 0 Å². The van der Waals surface area contributed by atoms with Gasteiger partial charge < -0.3 is 0 Å². The van der Waals surface area contributed by atoms with Gasteiger partial charge in [-0.05, 0) is 37.0 Å². The SMILES string of the molecule is CCC[C@H]1S/C(=N\N=C/c2ccc(C)cc2)N(Cc2ccccc2C)C1=O. The van der Waals surface area contributed by atoms with Gasteiger partial charge in [0.25, 0.3) is 0 Å². The Balaban J connectivity index is 1.82. The summed E-state index contributed by atoms with van der Waals surface area (Å²) in [4.78, 5) is 14.6. The Labute approximate surface area is 165 Å². The number of amidine groups is 1. The average Bonchev–Trinajstić information content (AvgIpc) is 2.95. The van der Waals surface area contributed by atoms with E-state index in [1.165, 1.54) is 22.9 Å². The van der Waals surface area contributed by atoms with Crippen LogP contribution in [0.1, 0.15) is 42.0 Å². The highest BCUT2D eigenvalue weighted by Crippen LogP contribution is 2.32. The molecule has 2 aromatic rings. The summed E-state index contributed by atoms with van der Waals surface area (Å²) >= 11 is 1.53. The molecule has 140 valence electrons. The van der Waals surface area contributed by atoms with Crippen LogP contribution in [0.2, 0.25) is 0 Å². The number of carbonyl (C=O) groups is 1. The van der Waals surface area contributed by atoms with E-state index in [4.69, 9.17) is 0 Å². The van der Waals surface area contributed by atoms with Crippen LogP contribution < -0.4 is 0 Å². The van der Waals surface area contributed by atoms with Gasteiger partial charge in [0.1, 0.15) is 0 Å². The van der Waals surface area contributed by atoms with E-state index in [2.05, 4.69) is 43.1 Å². The van der Waals surface area contributed by atoms with Gasteiger partial charge in [-0.15, -0.1) is 5.10 Å². The Morgan fingerprint density at radius 1 is 1.11 bits per heavy atom. The van der Waals surface area contributed by atoms with Crippen molar-refractivity contribution in [2.75, 3.05) is 0 Å². The Morgan fingerprint density at radius 3 is 2.56 bits per heavy atom. The van der Waals surface area contributed by atoms with Crippen molar-refractivity contribution in [2.24, 2.45) is 10.2 Å². The van der Waals surface area contributed by atoms with E-state index < -0.39 is 0 Å². The summed E-state index contributed by atoms with van der Waals surface area (Å²) in [5, 5.41) is 9.25. The van der Waals surface area contributed by atoms with Gasteiger partial charge in [-0.1, -0.05) is 79.2 Å². The van der Waals surface area contributed by atoms with E-state index >= 15 is 0 Å². The first kappa shape index (κ1) is 19.4. The number of amides is 1. The molecule has 1 saturated heterocycles. The van der Waals surface area contributed by atoms with Crippen LogP contribution >= 0.6 is 11.8 Å². The fraction of sp³-hybridized carbons (Fsp3) is 0.318. The molecule has 2 aromatic carbocycles. The van der Waals surface area contributed by atoms with Crippen molar-refractivity contribution in [3.63, 3.8) is 0 Å². The van der Waals surface area contributed by atoms with Gasteiger partial charge in [0.2, 0.25) is 5.91 Å². The molecule has 1 amide bonds. The summed E-state index contributed by atoms with van der Waals surface area (Å²) in [6.45, 7) is 6.76. The van der Waals surface area contributed by atoms with Gasteiger partial charge in [-0.2, -0.15) is 5.10 Å². The number of aryl methyl sites for hydroxylation is 2. The van der Waals surface area contributed by atoms with Crippen molar-refractivity contribution in [1.82, 2.24) is 4.90 Å². The molecular formula is C22H25N3OS. The molecule has 5 heteroatoms. The van der Waals surface area contributed by atoms with Crippen molar-refractivity contribution in [3.8, 4) is 0 Å². The monoisotopic (exact) mass is 379 g/mol. The lowest BCUT2D eigenvalue weighted by atomic mass is 10.1. The van der Waals surface area contributed by atoms with Crippen LogP contribution in [0.3, 0.4) is 0 Å². The summed E-state index contributed by atoms with van der Waals surface area (Å²) in [6, 6.07) is 16.3. The molecule has 0 saturated carbocycles. The maximum atomic E-state index is 12.9. The smallest absolute Gasteiger partial charge is 0.242 e. The van der Waals surface area contributed by atoms with Gasteiger partial charge in [-0.3, -0.25) is 9.69 Å². The maximum absolute atomic E-state index is 12.9. The summed E-state index contributed by atoms with van der Waals surface area (Å²) in [5.41, 5.74) is 4.52. The molecule has 1 aliphatic rings. The van der Waals surface area contributed by atoms with Crippen molar-refractivity contribution in [3.05, 3.63) is 70.8 Å². The first-order valence-electron chi connectivity index (χ1n) is 9.28. The van der Waals surface area contributed by atoms with Gasteiger partial charge in [0.15, 0.2) is 5.17 Å². The molecule has 0 bridgehead atoms. The Morgan fingerprint density at radius 2 is 1.85 bits per heavy atom. The molecule has 1 heterocycles. The van der Waals surface area contributed by atoms with Crippen LogP contribution in [0.15, 0.2) is 58.7 Å². The minimum Gasteiger partial charge on any atom is -0.284 e.